The Bertz CT molecular complexity index is 1210. The lowest BCUT2D eigenvalue weighted by molar-refractivity contribution is -0.122. The molecular formula is C24H32BrN9O3. The third-order valence-electron chi connectivity index (χ3n) is 5.37. The maximum absolute atomic E-state index is 12.2. The van der Waals surface area contributed by atoms with Gasteiger partial charge < -0.3 is 31.7 Å². The first-order chi connectivity index (χ1) is 17.9. The van der Waals surface area contributed by atoms with Gasteiger partial charge in [0.05, 0.1) is 30.4 Å². The summed E-state index contributed by atoms with van der Waals surface area (Å²) in [5.41, 5.74) is 15.0. The van der Waals surface area contributed by atoms with Crippen molar-refractivity contribution in [1.29, 1.82) is 0 Å². The summed E-state index contributed by atoms with van der Waals surface area (Å²) in [6.45, 7) is 2.44. The fourth-order valence-electron chi connectivity index (χ4n) is 3.46. The van der Waals surface area contributed by atoms with Gasteiger partial charge in [-0.3, -0.25) is 9.59 Å². The van der Waals surface area contributed by atoms with Crippen LogP contribution in [0.5, 0.6) is 0 Å². The van der Waals surface area contributed by atoms with Crippen molar-refractivity contribution < 1.29 is 14.3 Å². The highest BCUT2D eigenvalue weighted by atomic mass is 79.9. The van der Waals surface area contributed by atoms with Crippen LogP contribution in [0, 0.1) is 0 Å². The van der Waals surface area contributed by atoms with E-state index in [9.17, 15) is 9.59 Å². The number of hydrogen-bond acceptors (Lipinski definition) is 10. The van der Waals surface area contributed by atoms with Gasteiger partial charge in [0.2, 0.25) is 17.8 Å². The molecule has 3 rings (SSSR count). The molecule has 0 bridgehead atoms. The number of halogens is 1. The minimum atomic E-state index is -0.0739. The number of nitrogens with two attached hydrogens (primary N) is 2. The van der Waals surface area contributed by atoms with Crippen LogP contribution in [-0.2, 0) is 27.4 Å². The van der Waals surface area contributed by atoms with E-state index in [1.807, 2.05) is 36.2 Å². The Kier molecular flexibility index (Phi) is 10.8. The molecule has 37 heavy (non-hydrogen) atoms. The largest absolute Gasteiger partial charge is 0.382 e. The monoisotopic (exact) mass is 573 g/mol. The molecule has 13 heteroatoms. The van der Waals surface area contributed by atoms with E-state index in [1.54, 1.807) is 6.20 Å². The van der Waals surface area contributed by atoms with Crippen molar-refractivity contribution in [3.63, 3.8) is 0 Å². The zero-order valence-electron chi connectivity index (χ0n) is 20.7. The molecule has 2 aromatic heterocycles. The van der Waals surface area contributed by atoms with E-state index in [0.29, 0.717) is 61.5 Å². The van der Waals surface area contributed by atoms with E-state index in [1.165, 1.54) is 0 Å². The Morgan fingerprint density at radius 1 is 1.08 bits per heavy atom. The Morgan fingerprint density at radius 3 is 2.73 bits per heavy atom. The maximum Gasteiger partial charge on any atom is 0.230 e. The van der Waals surface area contributed by atoms with Gasteiger partial charge in [-0.1, -0.05) is 28.1 Å². The van der Waals surface area contributed by atoms with Crippen LogP contribution in [0.2, 0.25) is 0 Å². The van der Waals surface area contributed by atoms with Crippen molar-refractivity contribution in [2.45, 2.75) is 32.4 Å². The molecular weight excluding hydrogens is 542 g/mol. The Balaban J connectivity index is 1.40. The van der Waals surface area contributed by atoms with Crippen LogP contribution in [0.15, 0.2) is 30.5 Å². The number of amides is 2. The van der Waals surface area contributed by atoms with Crippen molar-refractivity contribution in [1.82, 2.24) is 30.6 Å². The van der Waals surface area contributed by atoms with Crippen LogP contribution < -0.4 is 27.0 Å². The third kappa shape index (κ3) is 9.10. The van der Waals surface area contributed by atoms with Crippen molar-refractivity contribution in [3.8, 4) is 0 Å². The Morgan fingerprint density at radius 2 is 1.92 bits per heavy atom. The lowest BCUT2D eigenvalue weighted by Gasteiger charge is -2.20. The van der Waals surface area contributed by atoms with Gasteiger partial charge >= 0.3 is 0 Å². The lowest BCUT2D eigenvalue weighted by Crippen LogP contribution is -2.25. The van der Waals surface area contributed by atoms with Gasteiger partial charge in [-0.25, -0.2) is 9.97 Å². The summed E-state index contributed by atoms with van der Waals surface area (Å²) >= 11 is 3.10. The molecule has 0 fully saturated rings. The summed E-state index contributed by atoms with van der Waals surface area (Å²) in [5, 5.41) is 6.01. The standard InChI is InChI=1S/C24H32BrN9O3/c1-34(15-17-14-30-23-21(31-17)22(26)32-24(27)33-23)18-6-4-5-16(11-18)13-29-19(35)7-10-37-9-3-2-8-28-20(36)12-25/h4-6,11,14H,2-3,7-10,12-13,15H2,1H3,(H,28,36)(H,29,35)(H4,26,27,30,32,33). The predicted molar refractivity (Wildman–Crippen MR) is 146 cm³/mol. The van der Waals surface area contributed by atoms with E-state index in [4.69, 9.17) is 16.2 Å². The van der Waals surface area contributed by atoms with E-state index in [-0.39, 0.29) is 23.6 Å². The van der Waals surface area contributed by atoms with Crippen molar-refractivity contribution in [2.75, 3.05) is 48.5 Å². The van der Waals surface area contributed by atoms with Crippen LogP contribution in [0.25, 0.3) is 11.2 Å². The van der Waals surface area contributed by atoms with Gasteiger partial charge in [0, 0.05) is 38.9 Å². The van der Waals surface area contributed by atoms with E-state index >= 15 is 0 Å². The average molecular weight is 574 g/mol. The van der Waals surface area contributed by atoms with Crippen molar-refractivity contribution >= 4 is 56.4 Å². The topological polar surface area (TPSA) is 174 Å². The number of unbranched alkanes of at least 4 members (excludes halogenated alkanes) is 1. The highest BCUT2D eigenvalue weighted by Gasteiger charge is 2.10. The molecule has 1 aromatic carbocycles. The van der Waals surface area contributed by atoms with Crippen LogP contribution >= 0.6 is 15.9 Å². The minimum absolute atomic E-state index is 0.0264. The Labute approximate surface area is 223 Å². The number of nitrogen functional groups attached to an aromatic ring is 2. The molecule has 0 saturated carbocycles. The number of alkyl halides is 1. The summed E-state index contributed by atoms with van der Waals surface area (Å²) < 4.78 is 5.51. The van der Waals surface area contributed by atoms with Crippen molar-refractivity contribution in [3.05, 3.63) is 41.7 Å². The molecule has 2 heterocycles. The first kappa shape index (κ1) is 28.0. The van der Waals surface area contributed by atoms with Crippen LogP contribution in [-0.4, -0.2) is 63.9 Å². The summed E-state index contributed by atoms with van der Waals surface area (Å²) in [6, 6.07) is 7.90. The quantitative estimate of drug-likeness (QED) is 0.163. The molecule has 3 aromatic rings. The van der Waals surface area contributed by atoms with Crippen LogP contribution in [0.3, 0.4) is 0 Å². The summed E-state index contributed by atoms with van der Waals surface area (Å²) in [4.78, 5) is 42.1. The molecule has 0 aliphatic rings. The van der Waals surface area contributed by atoms with Crippen LogP contribution in [0.4, 0.5) is 17.5 Å². The van der Waals surface area contributed by atoms with Crippen LogP contribution in [0.1, 0.15) is 30.5 Å². The molecule has 0 atom stereocenters. The predicted octanol–water partition coefficient (Wildman–Crippen LogP) is 1.53. The highest BCUT2D eigenvalue weighted by Crippen LogP contribution is 2.19. The zero-order valence-corrected chi connectivity index (χ0v) is 22.3. The fraction of sp³-hybridized carbons (Fsp3) is 0.417. The number of rotatable bonds is 14. The van der Waals surface area contributed by atoms with Gasteiger partial charge in [-0.2, -0.15) is 9.97 Å². The molecule has 12 nitrogen and oxygen atoms in total. The molecule has 0 aliphatic heterocycles. The first-order valence-corrected chi connectivity index (χ1v) is 13.0. The number of nitrogens with one attached hydrogen (secondary N) is 2. The number of aromatic nitrogens is 4. The highest BCUT2D eigenvalue weighted by molar-refractivity contribution is 9.09. The lowest BCUT2D eigenvalue weighted by atomic mass is 10.2. The Hall–Kier alpha value is -3.58. The molecule has 0 aliphatic carbocycles. The second kappa shape index (κ2) is 14.2. The number of carbonyl (C=O) groups is 2. The fourth-order valence-corrected chi connectivity index (χ4v) is 3.66. The number of nitrogens with zero attached hydrogens (tertiary/aromatic N) is 5. The van der Waals surface area contributed by atoms with Gasteiger partial charge in [-0.05, 0) is 30.5 Å². The SMILES string of the molecule is CN(Cc1cnc2nc(N)nc(N)c2n1)c1cccc(CNC(=O)CCOCCCCNC(=O)CBr)c1. The van der Waals surface area contributed by atoms with E-state index in [2.05, 4.69) is 46.5 Å². The average Bonchev–Trinajstić information content (AvgIpc) is 2.89. The second-order valence-corrected chi connectivity index (χ2v) is 8.92. The smallest absolute Gasteiger partial charge is 0.230 e. The number of ether oxygens (including phenoxy) is 1. The summed E-state index contributed by atoms with van der Waals surface area (Å²) in [5.74, 6) is 0.153. The molecule has 0 saturated heterocycles. The normalized spacial score (nSPS) is 10.9. The first-order valence-electron chi connectivity index (χ1n) is 11.9. The van der Waals surface area contributed by atoms with Gasteiger partial charge in [0.15, 0.2) is 17.0 Å². The number of carbonyl (C=O) groups excluding carboxylic acids is 2. The second-order valence-electron chi connectivity index (χ2n) is 8.36. The molecule has 0 radical (unpaired) electrons. The molecule has 6 N–H and O–H groups in total. The minimum Gasteiger partial charge on any atom is -0.382 e. The van der Waals surface area contributed by atoms with Gasteiger partial charge in [0.25, 0.3) is 0 Å². The molecule has 0 unspecified atom stereocenters. The molecule has 198 valence electrons. The van der Waals surface area contributed by atoms with Gasteiger partial charge in [-0.15, -0.1) is 0 Å². The molecule has 0 spiro atoms. The van der Waals surface area contributed by atoms with Crippen molar-refractivity contribution in [2.24, 2.45) is 0 Å². The van der Waals surface area contributed by atoms with E-state index in [0.717, 1.165) is 24.1 Å². The number of fused-ring (bicyclic) bond motifs is 1. The molecule has 2 amide bonds. The summed E-state index contributed by atoms with van der Waals surface area (Å²) in [6.07, 6.45) is 3.59. The number of hydrogen-bond donors (Lipinski definition) is 4. The van der Waals surface area contributed by atoms with Gasteiger partial charge in [0.1, 0.15) is 0 Å². The zero-order chi connectivity index (χ0) is 26.6. The van der Waals surface area contributed by atoms with E-state index < -0.39 is 0 Å². The number of anilines is 3. The summed E-state index contributed by atoms with van der Waals surface area (Å²) in [7, 11) is 1.94. The number of benzene rings is 1. The maximum atomic E-state index is 12.2. The third-order valence-corrected chi connectivity index (χ3v) is 5.88.